The maximum atomic E-state index is 4.29. The zero-order valence-corrected chi connectivity index (χ0v) is 12.6. The van der Waals surface area contributed by atoms with Crippen molar-refractivity contribution in [3.05, 3.63) is 40.0 Å². The van der Waals surface area contributed by atoms with Gasteiger partial charge in [0.2, 0.25) is 0 Å². The number of hydrogen-bond donors (Lipinski definition) is 1. The Morgan fingerprint density at radius 3 is 2.84 bits per heavy atom. The molecule has 0 fully saturated rings. The second kappa shape index (κ2) is 6.66. The highest BCUT2D eigenvalue weighted by Gasteiger charge is 2.07. The molecule has 0 saturated heterocycles. The van der Waals surface area contributed by atoms with E-state index in [1.54, 1.807) is 6.33 Å². The molecular weight excluding hydrogens is 254 g/mol. The molecule has 0 aromatic carbocycles. The molecule has 19 heavy (non-hydrogen) atoms. The number of aromatic nitrogens is 2. The van der Waals surface area contributed by atoms with Crippen molar-refractivity contribution in [2.75, 3.05) is 5.32 Å². The molecule has 0 saturated carbocycles. The Morgan fingerprint density at radius 2 is 2.16 bits per heavy atom. The van der Waals surface area contributed by atoms with Crippen molar-refractivity contribution in [3.63, 3.8) is 0 Å². The lowest BCUT2D eigenvalue weighted by Crippen LogP contribution is -2.18. The van der Waals surface area contributed by atoms with Crippen LogP contribution in [-0.2, 0) is 12.8 Å². The first-order valence-corrected chi connectivity index (χ1v) is 7.61. The van der Waals surface area contributed by atoms with Crippen LogP contribution >= 0.6 is 11.3 Å². The van der Waals surface area contributed by atoms with Gasteiger partial charge in [-0.2, -0.15) is 0 Å². The Labute approximate surface area is 119 Å². The summed E-state index contributed by atoms with van der Waals surface area (Å²) >= 11 is 1.87. The van der Waals surface area contributed by atoms with Crippen molar-refractivity contribution in [2.45, 2.75) is 46.1 Å². The second-order valence-electron chi connectivity index (χ2n) is 4.91. The first-order valence-electron chi connectivity index (χ1n) is 6.80. The summed E-state index contributed by atoms with van der Waals surface area (Å²) in [5.74, 6) is 0.930. The van der Waals surface area contributed by atoms with Gasteiger partial charge in [0, 0.05) is 34.0 Å². The molecule has 1 unspecified atom stereocenters. The van der Waals surface area contributed by atoms with E-state index in [1.165, 1.54) is 9.75 Å². The molecule has 2 rings (SSSR count). The highest BCUT2D eigenvalue weighted by Crippen LogP contribution is 2.18. The normalized spacial score (nSPS) is 12.4. The van der Waals surface area contributed by atoms with E-state index in [4.69, 9.17) is 0 Å². The van der Waals surface area contributed by atoms with Crippen LogP contribution in [0.2, 0.25) is 0 Å². The highest BCUT2D eigenvalue weighted by atomic mass is 32.1. The highest BCUT2D eigenvalue weighted by molar-refractivity contribution is 7.11. The molecule has 0 spiro atoms. The Hall–Kier alpha value is -1.42. The van der Waals surface area contributed by atoms with Gasteiger partial charge in [0.25, 0.3) is 0 Å². The minimum atomic E-state index is 0.377. The van der Waals surface area contributed by atoms with E-state index in [1.807, 2.05) is 11.3 Å². The molecule has 1 N–H and O–H groups in total. The van der Waals surface area contributed by atoms with Gasteiger partial charge in [-0.05, 0) is 32.4 Å². The number of nitrogens with one attached hydrogen (secondary N) is 1. The first kappa shape index (κ1) is 14.0. The predicted molar refractivity (Wildman–Crippen MR) is 81.9 cm³/mol. The monoisotopic (exact) mass is 275 g/mol. The van der Waals surface area contributed by atoms with Crippen molar-refractivity contribution >= 4 is 17.2 Å². The van der Waals surface area contributed by atoms with E-state index < -0.39 is 0 Å². The average Bonchev–Trinajstić information content (AvgIpc) is 2.75. The fraction of sp³-hybridized carbons (Fsp3) is 0.467. The topological polar surface area (TPSA) is 37.8 Å². The summed E-state index contributed by atoms with van der Waals surface area (Å²) in [5.41, 5.74) is 1.11. The van der Waals surface area contributed by atoms with Gasteiger partial charge < -0.3 is 5.32 Å². The van der Waals surface area contributed by atoms with E-state index in [-0.39, 0.29) is 0 Å². The van der Waals surface area contributed by atoms with Crippen LogP contribution < -0.4 is 5.32 Å². The zero-order chi connectivity index (χ0) is 13.7. The van der Waals surface area contributed by atoms with E-state index in [9.17, 15) is 0 Å². The minimum Gasteiger partial charge on any atom is -0.367 e. The smallest absolute Gasteiger partial charge is 0.129 e. The van der Waals surface area contributed by atoms with Gasteiger partial charge in [-0.25, -0.2) is 9.97 Å². The van der Waals surface area contributed by atoms with Crippen LogP contribution in [0.4, 0.5) is 5.82 Å². The Morgan fingerprint density at radius 1 is 1.32 bits per heavy atom. The molecule has 3 nitrogen and oxygen atoms in total. The van der Waals surface area contributed by atoms with E-state index in [2.05, 4.69) is 54.3 Å². The molecule has 0 aliphatic carbocycles. The molecule has 102 valence electrons. The van der Waals surface area contributed by atoms with E-state index >= 15 is 0 Å². The third-order valence-corrected chi connectivity index (χ3v) is 3.95. The van der Waals surface area contributed by atoms with Crippen molar-refractivity contribution in [1.82, 2.24) is 9.97 Å². The second-order valence-corrected chi connectivity index (χ2v) is 6.28. The summed E-state index contributed by atoms with van der Waals surface area (Å²) in [4.78, 5) is 11.4. The third kappa shape index (κ3) is 4.31. The summed E-state index contributed by atoms with van der Waals surface area (Å²) in [6, 6.07) is 6.82. The largest absolute Gasteiger partial charge is 0.367 e. The Balaban J connectivity index is 1.94. The lowest BCUT2D eigenvalue weighted by molar-refractivity contribution is 0.789. The predicted octanol–water partition coefficient (Wildman–Crippen LogP) is 3.84. The first-order chi connectivity index (χ1) is 9.17. The lowest BCUT2D eigenvalue weighted by Gasteiger charge is -2.13. The van der Waals surface area contributed by atoms with Crippen LogP contribution in [-0.4, -0.2) is 16.0 Å². The van der Waals surface area contributed by atoms with E-state index in [0.29, 0.717) is 6.04 Å². The van der Waals surface area contributed by atoms with Gasteiger partial charge in [-0.1, -0.05) is 13.3 Å². The molecule has 0 aliphatic heterocycles. The fourth-order valence-electron chi connectivity index (χ4n) is 2.07. The van der Waals surface area contributed by atoms with Gasteiger partial charge in [-0.3, -0.25) is 0 Å². The van der Waals surface area contributed by atoms with Crippen LogP contribution in [0.3, 0.4) is 0 Å². The number of aryl methyl sites for hydroxylation is 2. The van der Waals surface area contributed by atoms with Crippen LogP contribution in [0.15, 0.2) is 24.5 Å². The maximum absolute atomic E-state index is 4.29. The van der Waals surface area contributed by atoms with Crippen molar-refractivity contribution < 1.29 is 0 Å². The fourth-order valence-corrected chi connectivity index (χ4v) is 3.09. The number of hydrogen-bond acceptors (Lipinski definition) is 4. The molecule has 0 aliphatic rings. The number of nitrogens with zero attached hydrogens (tertiary/aromatic N) is 2. The molecule has 4 heteroatoms. The quantitative estimate of drug-likeness (QED) is 0.870. The zero-order valence-electron chi connectivity index (χ0n) is 11.8. The summed E-state index contributed by atoms with van der Waals surface area (Å²) in [5, 5.41) is 3.45. The van der Waals surface area contributed by atoms with Gasteiger partial charge in [0.1, 0.15) is 12.1 Å². The van der Waals surface area contributed by atoms with Gasteiger partial charge in [0.15, 0.2) is 0 Å². The third-order valence-electron chi connectivity index (χ3n) is 2.93. The van der Waals surface area contributed by atoms with Crippen molar-refractivity contribution in [3.8, 4) is 0 Å². The number of rotatable bonds is 6. The minimum absolute atomic E-state index is 0.377. The summed E-state index contributed by atoms with van der Waals surface area (Å²) in [6.07, 6.45) is 4.80. The Bertz CT molecular complexity index is 522. The SMILES string of the molecule is CCCc1cc(NC(C)Cc2ccc(C)s2)ncn1. The number of thiophene rings is 1. The summed E-state index contributed by atoms with van der Waals surface area (Å²) < 4.78 is 0. The van der Waals surface area contributed by atoms with Crippen LogP contribution in [0.25, 0.3) is 0 Å². The molecule has 1 atom stereocenters. The average molecular weight is 275 g/mol. The molecule has 0 radical (unpaired) electrons. The van der Waals surface area contributed by atoms with Gasteiger partial charge in [0.05, 0.1) is 0 Å². The summed E-state index contributed by atoms with van der Waals surface area (Å²) in [6.45, 7) is 6.50. The van der Waals surface area contributed by atoms with Crippen molar-refractivity contribution in [1.29, 1.82) is 0 Å². The molecule has 2 aromatic rings. The van der Waals surface area contributed by atoms with Crippen LogP contribution in [0, 0.1) is 6.92 Å². The molecule has 0 bridgehead atoms. The molecule has 0 amide bonds. The maximum Gasteiger partial charge on any atom is 0.129 e. The van der Waals surface area contributed by atoms with E-state index in [0.717, 1.165) is 30.8 Å². The Kier molecular flexibility index (Phi) is 4.91. The van der Waals surface area contributed by atoms with Crippen LogP contribution in [0.5, 0.6) is 0 Å². The van der Waals surface area contributed by atoms with Gasteiger partial charge >= 0.3 is 0 Å². The molecular formula is C15H21N3S. The molecule has 2 aromatic heterocycles. The van der Waals surface area contributed by atoms with Gasteiger partial charge in [-0.15, -0.1) is 11.3 Å². The molecule has 2 heterocycles. The summed E-state index contributed by atoms with van der Waals surface area (Å²) in [7, 11) is 0. The van der Waals surface area contributed by atoms with Crippen molar-refractivity contribution in [2.24, 2.45) is 0 Å². The lowest BCUT2D eigenvalue weighted by atomic mass is 10.2. The standard InChI is InChI=1S/C15H21N3S/c1-4-5-13-9-15(17-10-16-13)18-11(2)8-14-7-6-12(3)19-14/h6-7,9-11H,4-5,8H2,1-3H3,(H,16,17,18). The van der Waals surface area contributed by atoms with Crippen LogP contribution in [0.1, 0.15) is 35.7 Å². The number of anilines is 1.